The van der Waals surface area contributed by atoms with Gasteiger partial charge >= 0.3 is 0 Å². The molecule has 0 aromatic heterocycles. The minimum atomic E-state index is 0.918. The van der Waals surface area contributed by atoms with Crippen LogP contribution in [-0.4, -0.2) is 0 Å². The van der Waals surface area contributed by atoms with E-state index in [1.165, 1.54) is 48.1 Å². The monoisotopic (exact) mass is 371 g/mol. The Hall–Kier alpha value is -2.74. The molecule has 4 rings (SSSR count). The van der Waals surface area contributed by atoms with E-state index in [-0.39, 0.29) is 0 Å². The number of benzene rings is 3. The van der Waals surface area contributed by atoms with Gasteiger partial charge in [-0.3, -0.25) is 0 Å². The highest BCUT2D eigenvalue weighted by Gasteiger charge is 2.25. The summed E-state index contributed by atoms with van der Waals surface area (Å²) in [4.78, 5) is 2.31. The van der Waals surface area contributed by atoms with Gasteiger partial charge in [-0.05, 0) is 79.8 Å². The summed E-state index contributed by atoms with van der Waals surface area (Å²) in [7, 11) is 0. The lowest BCUT2D eigenvalue weighted by atomic mass is 10.0. The fourth-order valence-electron chi connectivity index (χ4n) is 3.87. The molecule has 3 aromatic rings. The molecule has 0 bridgehead atoms. The Morgan fingerprint density at radius 1 is 0.714 bits per heavy atom. The molecule has 0 N–H and O–H groups in total. The first-order chi connectivity index (χ1) is 13.7. The molecule has 0 unspecified atom stereocenters. The lowest BCUT2D eigenvalue weighted by molar-refractivity contribution is 0.476. The summed E-state index contributed by atoms with van der Waals surface area (Å²) in [5.41, 5.74) is 7.20. The van der Waals surface area contributed by atoms with Crippen LogP contribution < -0.4 is 9.64 Å². The van der Waals surface area contributed by atoms with E-state index in [4.69, 9.17) is 4.74 Å². The summed E-state index contributed by atoms with van der Waals surface area (Å²) in [6.07, 6.45) is 6.37. The van der Waals surface area contributed by atoms with E-state index >= 15 is 0 Å². The van der Waals surface area contributed by atoms with Crippen LogP contribution in [0.25, 0.3) is 0 Å². The van der Waals surface area contributed by atoms with Crippen molar-refractivity contribution in [2.24, 2.45) is 0 Å². The van der Waals surface area contributed by atoms with Crippen LogP contribution in [0, 0.1) is 13.8 Å². The summed E-state index contributed by atoms with van der Waals surface area (Å²) in [6, 6.07) is 21.9. The standard InChI is InChI=1S/C26H29NO/c1-4-5-6-7-8-21-11-13-22(14-12-21)27-23-15-9-19(2)17-25(23)28-26-18-20(3)10-16-24(26)27/h9-18H,4-8H2,1-3H3. The van der Waals surface area contributed by atoms with Crippen LogP contribution in [0.15, 0.2) is 60.7 Å². The quantitative estimate of drug-likeness (QED) is 0.318. The molecule has 0 amide bonds. The molecule has 1 aliphatic rings. The lowest BCUT2D eigenvalue weighted by Gasteiger charge is -2.33. The number of hydrogen-bond acceptors (Lipinski definition) is 2. The van der Waals surface area contributed by atoms with Crippen LogP contribution in [0.2, 0.25) is 0 Å². The summed E-state index contributed by atoms with van der Waals surface area (Å²) < 4.78 is 6.25. The molecular weight excluding hydrogens is 342 g/mol. The smallest absolute Gasteiger partial charge is 0.151 e. The zero-order valence-electron chi connectivity index (χ0n) is 17.2. The average molecular weight is 372 g/mol. The van der Waals surface area contributed by atoms with Gasteiger partial charge in [-0.2, -0.15) is 0 Å². The van der Waals surface area contributed by atoms with Crippen molar-refractivity contribution in [3.05, 3.63) is 77.4 Å². The molecule has 0 aliphatic carbocycles. The molecule has 28 heavy (non-hydrogen) atoms. The van der Waals surface area contributed by atoms with E-state index in [0.717, 1.165) is 29.3 Å². The number of aryl methyl sites for hydroxylation is 3. The Bertz CT molecular complexity index is 907. The molecule has 1 aliphatic heterocycles. The zero-order chi connectivity index (χ0) is 19.5. The van der Waals surface area contributed by atoms with Crippen molar-refractivity contribution in [3.8, 4) is 11.5 Å². The first-order valence-corrected chi connectivity index (χ1v) is 10.4. The molecule has 0 spiro atoms. The first kappa shape index (κ1) is 18.6. The third-order valence-electron chi connectivity index (χ3n) is 5.45. The van der Waals surface area contributed by atoms with Gasteiger partial charge in [0.15, 0.2) is 11.5 Å². The number of hydrogen-bond donors (Lipinski definition) is 0. The van der Waals surface area contributed by atoms with Crippen molar-refractivity contribution in [1.82, 2.24) is 0 Å². The number of unbranched alkanes of at least 4 members (excludes halogenated alkanes) is 3. The minimum absolute atomic E-state index is 0.918. The van der Waals surface area contributed by atoms with Crippen molar-refractivity contribution in [1.29, 1.82) is 0 Å². The molecule has 1 heterocycles. The molecule has 0 fully saturated rings. The molecule has 144 valence electrons. The van der Waals surface area contributed by atoms with E-state index in [0.29, 0.717) is 0 Å². The summed E-state index contributed by atoms with van der Waals surface area (Å²) in [6.45, 7) is 6.47. The van der Waals surface area contributed by atoms with Crippen molar-refractivity contribution >= 4 is 17.1 Å². The van der Waals surface area contributed by atoms with Gasteiger partial charge in [0.25, 0.3) is 0 Å². The molecule has 2 heteroatoms. The molecule has 0 radical (unpaired) electrons. The van der Waals surface area contributed by atoms with Crippen molar-refractivity contribution < 1.29 is 4.74 Å². The van der Waals surface area contributed by atoms with Gasteiger partial charge in [-0.25, -0.2) is 0 Å². The Labute approximate surface area is 168 Å². The summed E-state index contributed by atoms with van der Waals surface area (Å²) >= 11 is 0. The second kappa shape index (κ2) is 8.10. The largest absolute Gasteiger partial charge is 0.453 e. The van der Waals surface area contributed by atoms with Crippen molar-refractivity contribution in [2.75, 3.05) is 4.90 Å². The molecule has 0 saturated carbocycles. The van der Waals surface area contributed by atoms with Gasteiger partial charge in [0.05, 0.1) is 11.4 Å². The van der Waals surface area contributed by atoms with Gasteiger partial charge in [-0.15, -0.1) is 0 Å². The Kier molecular flexibility index (Phi) is 5.38. The number of ether oxygens (including phenoxy) is 1. The fraction of sp³-hybridized carbons (Fsp3) is 0.308. The van der Waals surface area contributed by atoms with Crippen LogP contribution >= 0.6 is 0 Å². The lowest BCUT2D eigenvalue weighted by Crippen LogP contribution is -2.16. The predicted octanol–water partition coefficient (Wildman–Crippen LogP) is 8.00. The van der Waals surface area contributed by atoms with E-state index in [1.807, 2.05) is 0 Å². The number of rotatable bonds is 6. The third-order valence-corrected chi connectivity index (χ3v) is 5.45. The van der Waals surface area contributed by atoms with Crippen LogP contribution in [0.4, 0.5) is 17.1 Å². The van der Waals surface area contributed by atoms with Crippen LogP contribution in [0.5, 0.6) is 11.5 Å². The highest BCUT2D eigenvalue weighted by Crippen LogP contribution is 2.50. The van der Waals surface area contributed by atoms with E-state index in [1.54, 1.807) is 0 Å². The second-order valence-electron chi connectivity index (χ2n) is 7.86. The van der Waals surface area contributed by atoms with Crippen molar-refractivity contribution in [2.45, 2.75) is 52.9 Å². The molecule has 0 saturated heterocycles. The highest BCUT2D eigenvalue weighted by atomic mass is 16.5. The molecule has 3 aromatic carbocycles. The Morgan fingerprint density at radius 3 is 1.89 bits per heavy atom. The highest BCUT2D eigenvalue weighted by molar-refractivity contribution is 5.86. The predicted molar refractivity (Wildman–Crippen MR) is 119 cm³/mol. The molecule has 2 nitrogen and oxygen atoms in total. The minimum Gasteiger partial charge on any atom is -0.453 e. The van der Waals surface area contributed by atoms with Crippen LogP contribution in [0.1, 0.15) is 49.3 Å². The van der Waals surface area contributed by atoms with Crippen molar-refractivity contribution in [3.63, 3.8) is 0 Å². The van der Waals surface area contributed by atoms with E-state index in [2.05, 4.69) is 86.3 Å². The third kappa shape index (κ3) is 3.77. The van der Waals surface area contributed by atoms with Crippen LogP contribution in [0.3, 0.4) is 0 Å². The number of nitrogens with zero attached hydrogens (tertiary/aromatic N) is 1. The van der Waals surface area contributed by atoms with Gasteiger partial charge in [0.2, 0.25) is 0 Å². The SMILES string of the molecule is CCCCCCc1ccc(N2c3ccc(C)cc3Oc3cc(C)ccc32)cc1. The normalized spacial score (nSPS) is 12.3. The summed E-state index contributed by atoms with van der Waals surface area (Å²) in [5, 5.41) is 0. The van der Waals surface area contributed by atoms with Gasteiger partial charge in [0, 0.05) is 5.69 Å². The average Bonchev–Trinajstić information content (AvgIpc) is 2.70. The van der Waals surface area contributed by atoms with Gasteiger partial charge in [-0.1, -0.05) is 50.5 Å². The number of fused-ring (bicyclic) bond motifs is 2. The second-order valence-corrected chi connectivity index (χ2v) is 7.86. The Balaban J connectivity index is 1.67. The van der Waals surface area contributed by atoms with Gasteiger partial charge < -0.3 is 9.64 Å². The van der Waals surface area contributed by atoms with Crippen LogP contribution in [-0.2, 0) is 6.42 Å². The Morgan fingerprint density at radius 2 is 1.32 bits per heavy atom. The molecule has 0 atom stereocenters. The number of anilines is 3. The maximum absolute atomic E-state index is 6.25. The zero-order valence-corrected chi connectivity index (χ0v) is 17.2. The van der Waals surface area contributed by atoms with Gasteiger partial charge in [0.1, 0.15) is 0 Å². The fourth-order valence-corrected chi connectivity index (χ4v) is 3.87. The maximum Gasteiger partial charge on any atom is 0.151 e. The maximum atomic E-state index is 6.25. The van der Waals surface area contributed by atoms with E-state index in [9.17, 15) is 0 Å². The molecular formula is C26H29NO. The summed E-state index contributed by atoms with van der Waals surface area (Å²) in [5.74, 6) is 1.84. The first-order valence-electron chi connectivity index (χ1n) is 10.4. The topological polar surface area (TPSA) is 12.5 Å². The van der Waals surface area contributed by atoms with E-state index < -0.39 is 0 Å².